The molecule has 0 fully saturated rings. The average Bonchev–Trinajstić information content (AvgIpc) is 2.78. The van der Waals surface area contributed by atoms with Crippen LogP contribution in [0.5, 0.6) is 0 Å². The lowest BCUT2D eigenvalue weighted by Crippen LogP contribution is -2.19. The van der Waals surface area contributed by atoms with Crippen LogP contribution in [-0.4, -0.2) is 28.6 Å². The summed E-state index contributed by atoms with van der Waals surface area (Å²) < 4.78 is 0. The molecule has 3 N–H and O–H groups in total. The van der Waals surface area contributed by atoms with E-state index >= 15 is 0 Å². The maximum Gasteiger partial charge on any atom is 0.336 e. The van der Waals surface area contributed by atoms with Crippen LogP contribution in [0.3, 0.4) is 0 Å². The van der Waals surface area contributed by atoms with Gasteiger partial charge in [-0.05, 0) is 48.9 Å². The van der Waals surface area contributed by atoms with E-state index in [1.165, 1.54) is 12.1 Å². The number of hydrazone groups is 1. The Morgan fingerprint density at radius 1 is 0.733 bits per heavy atom. The number of anilines is 1. The Labute approximate surface area is 173 Å². The smallest absolute Gasteiger partial charge is 0.336 e. The molecule has 3 aromatic rings. The molecule has 0 aromatic heterocycles. The molecule has 0 aliphatic carbocycles. The largest absolute Gasteiger partial charge is 0.478 e. The molecule has 0 saturated heterocycles. The summed E-state index contributed by atoms with van der Waals surface area (Å²) in [6.45, 7) is 1.75. The Kier molecular flexibility index (Phi) is 6.34. The first-order valence-corrected chi connectivity index (χ1v) is 9.09. The number of hydrogen-bond acceptors (Lipinski definition) is 4. The summed E-state index contributed by atoms with van der Waals surface area (Å²) in [5.41, 5.74) is 4.88. The first-order chi connectivity index (χ1) is 14.5. The second-order valence-electron chi connectivity index (χ2n) is 6.39. The van der Waals surface area contributed by atoms with Crippen LogP contribution in [0.15, 0.2) is 84.0 Å². The molecule has 0 radical (unpaired) electrons. The Hall–Kier alpha value is -4.26. The number of nitrogens with zero attached hydrogens (tertiary/aromatic N) is 1. The van der Waals surface area contributed by atoms with Crippen LogP contribution in [0.2, 0.25) is 0 Å². The number of carboxylic acids is 1. The zero-order chi connectivity index (χ0) is 21.5. The highest BCUT2D eigenvalue weighted by Gasteiger charge is 2.15. The predicted octanol–water partition coefficient (Wildman–Crippen LogP) is 3.79. The fourth-order valence-electron chi connectivity index (χ4n) is 2.71. The number of amides is 2. The zero-order valence-electron chi connectivity index (χ0n) is 16.1. The fraction of sp³-hybridized carbons (Fsp3) is 0.0435. The molecule has 0 atom stereocenters. The summed E-state index contributed by atoms with van der Waals surface area (Å²) in [7, 11) is 0. The third kappa shape index (κ3) is 4.96. The number of carbonyl (C=O) groups excluding carboxylic acids is 2. The minimum atomic E-state index is -1.17. The summed E-state index contributed by atoms with van der Waals surface area (Å²) >= 11 is 0. The van der Waals surface area contributed by atoms with Crippen molar-refractivity contribution >= 4 is 29.2 Å². The summed E-state index contributed by atoms with van der Waals surface area (Å²) in [6.07, 6.45) is 0. The monoisotopic (exact) mass is 401 g/mol. The number of carbonyl (C=O) groups is 3. The summed E-state index contributed by atoms with van der Waals surface area (Å²) in [4.78, 5) is 35.8. The van der Waals surface area contributed by atoms with Gasteiger partial charge in [0.15, 0.2) is 0 Å². The van der Waals surface area contributed by atoms with Gasteiger partial charge in [0.05, 0.1) is 16.8 Å². The van der Waals surface area contributed by atoms with Crippen LogP contribution in [-0.2, 0) is 0 Å². The van der Waals surface area contributed by atoms with Crippen molar-refractivity contribution in [3.05, 3.63) is 101 Å². The van der Waals surface area contributed by atoms with E-state index in [1.54, 1.807) is 67.6 Å². The molecule has 0 spiro atoms. The highest BCUT2D eigenvalue weighted by Crippen LogP contribution is 2.15. The first kappa shape index (κ1) is 20.5. The lowest BCUT2D eigenvalue weighted by molar-refractivity contribution is 0.0692. The average molecular weight is 401 g/mol. The lowest BCUT2D eigenvalue weighted by Gasteiger charge is -2.09. The van der Waals surface area contributed by atoms with Gasteiger partial charge in [-0.3, -0.25) is 9.59 Å². The van der Waals surface area contributed by atoms with Crippen LogP contribution < -0.4 is 10.7 Å². The number of rotatable bonds is 6. The minimum absolute atomic E-state index is 0.0660. The summed E-state index contributed by atoms with van der Waals surface area (Å²) in [5, 5.41) is 16.0. The lowest BCUT2D eigenvalue weighted by atomic mass is 10.1. The van der Waals surface area contributed by atoms with Gasteiger partial charge in [0.1, 0.15) is 0 Å². The molecular formula is C23H19N3O4. The van der Waals surface area contributed by atoms with Crippen molar-refractivity contribution in [2.45, 2.75) is 6.92 Å². The molecule has 150 valence electrons. The second-order valence-corrected chi connectivity index (χ2v) is 6.39. The van der Waals surface area contributed by atoms with E-state index < -0.39 is 11.9 Å². The van der Waals surface area contributed by atoms with Gasteiger partial charge in [0, 0.05) is 11.3 Å². The topological polar surface area (TPSA) is 108 Å². The summed E-state index contributed by atoms with van der Waals surface area (Å²) in [5.74, 6) is -1.99. The highest BCUT2D eigenvalue weighted by atomic mass is 16.4. The van der Waals surface area contributed by atoms with Crippen molar-refractivity contribution in [3.63, 3.8) is 0 Å². The quantitative estimate of drug-likeness (QED) is 0.431. The Bertz CT molecular complexity index is 1110. The number of nitrogens with one attached hydrogen (secondary N) is 2. The van der Waals surface area contributed by atoms with Gasteiger partial charge in [-0.1, -0.05) is 42.5 Å². The zero-order valence-corrected chi connectivity index (χ0v) is 16.1. The van der Waals surface area contributed by atoms with Gasteiger partial charge in [0.2, 0.25) is 0 Å². The standard InChI is InChI=1S/C23H19N3O4/c1-15(25-26-21(27)17-7-3-2-4-8-17)16-11-13-18(14-12-16)24-22(28)19-9-5-6-10-20(19)23(29)30/h2-14H,1H3,(H,24,28)(H,26,27)(H,29,30)/b25-15+. The van der Waals surface area contributed by atoms with Crippen molar-refractivity contribution < 1.29 is 19.5 Å². The molecule has 0 heterocycles. The molecule has 0 saturated carbocycles. The molecule has 0 bridgehead atoms. The highest BCUT2D eigenvalue weighted by molar-refractivity contribution is 6.10. The van der Waals surface area contributed by atoms with E-state index in [-0.39, 0.29) is 17.0 Å². The molecule has 7 heteroatoms. The van der Waals surface area contributed by atoms with Crippen molar-refractivity contribution in [3.8, 4) is 0 Å². The SMILES string of the molecule is C/C(=N\NC(=O)c1ccccc1)c1ccc(NC(=O)c2ccccc2C(=O)O)cc1. The number of carboxylic acid groups (broad SMARTS) is 1. The van der Waals surface area contributed by atoms with Crippen molar-refractivity contribution in [2.24, 2.45) is 5.10 Å². The van der Waals surface area contributed by atoms with E-state index in [9.17, 15) is 19.5 Å². The van der Waals surface area contributed by atoms with Crippen LogP contribution in [0.4, 0.5) is 5.69 Å². The van der Waals surface area contributed by atoms with Crippen LogP contribution >= 0.6 is 0 Å². The Morgan fingerprint density at radius 2 is 1.33 bits per heavy atom. The van der Waals surface area contributed by atoms with Gasteiger partial charge < -0.3 is 10.4 Å². The second kappa shape index (κ2) is 9.29. The van der Waals surface area contributed by atoms with E-state index in [0.29, 0.717) is 17.0 Å². The first-order valence-electron chi connectivity index (χ1n) is 9.09. The van der Waals surface area contributed by atoms with Crippen LogP contribution in [0.1, 0.15) is 43.6 Å². The maximum absolute atomic E-state index is 12.4. The van der Waals surface area contributed by atoms with Crippen LogP contribution in [0, 0.1) is 0 Å². The van der Waals surface area contributed by atoms with E-state index in [0.717, 1.165) is 5.56 Å². The maximum atomic E-state index is 12.4. The van der Waals surface area contributed by atoms with E-state index in [4.69, 9.17) is 0 Å². The Morgan fingerprint density at radius 3 is 1.97 bits per heavy atom. The number of hydrogen-bond donors (Lipinski definition) is 3. The predicted molar refractivity (Wildman–Crippen MR) is 114 cm³/mol. The molecule has 0 aliphatic heterocycles. The molecule has 30 heavy (non-hydrogen) atoms. The summed E-state index contributed by atoms with van der Waals surface area (Å²) in [6, 6.07) is 21.6. The van der Waals surface area contributed by atoms with Gasteiger partial charge in [0.25, 0.3) is 11.8 Å². The Balaban J connectivity index is 1.67. The molecule has 2 amide bonds. The molecule has 0 aliphatic rings. The molecule has 3 aromatic carbocycles. The van der Waals surface area contributed by atoms with Crippen molar-refractivity contribution in [1.29, 1.82) is 0 Å². The molecular weight excluding hydrogens is 382 g/mol. The van der Waals surface area contributed by atoms with Crippen LogP contribution in [0.25, 0.3) is 0 Å². The normalized spacial score (nSPS) is 10.9. The van der Waals surface area contributed by atoms with E-state index in [2.05, 4.69) is 15.8 Å². The molecule has 3 rings (SSSR count). The van der Waals surface area contributed by atoms with Crippen molar-refractivity contribution in [1.82, 2.24) is 5.43 Å². The van der Waals surface area contributed by atoms with Gasteiger partial charge in [-0.2, -0.15) is 5.10 Å². The van der Waals surface area contributed by atoms with Gasteiger partial charge >= 0.3 is 5.97 Å². The number of benzene rings is 3. The fourth-order valence-corrected chi connectivity index (χ4v) is 2.71. The minimum Gasteiger partial charge on any atom is -0.478 e. The third-order valence-corrected chi connectivity index (χ3v) is 4.32. The molecule has 0 unspecified atom stereocenters. The molecule has 7 nitrogen and oxygen atoms in total. The van der Waals surface area contributed by atoms with E-state index in [1.807, 2.05) is 6.07 Å². The van der Waals surface area contributed by atoms with Gasteiger partial charge in [-0.15, -0.1) is 0 Å². The van der Waals surface area contributed by atoms with Gasteiger partial charge in [-0.25, -0.2) is 10.2 Å². The third-order valence-electron chi connectivity index (χ3n) is 4.32. The number of aromatic carboxylic acids is 1. The van der Waals surface area contributed by atoms with Crippen molar-refractivity contribution in [2.75, 3.05) is 5.32 Å².